The highest BCUT2D eigenvalue weighted by Gasteiger charge is 2.07. The van der Waals surface area contributed by atoms with Gasteiger partial charge in [-0.3, -0.25) is 9.89 Å². The second-order valence-corrected chi connectivity index (χ2v) is 4.57. The van der Waals surface area contributed by atoms with E-state index >= 15 is 0 Å². The Kier molecular flexibility index (Phi) is 4.02. The van der Waals surface area contributed by atoms with Crippen LogP contribution in [0.25, 0.3) is 6.08 Å². The van der Waals surface area contributed by atoms with Gasteiger partial charge in [-0.15, -0.1) is 0 Å². The SMILES string of the molecule is Cc1[nH]nc(NC(=O)/C=C/c2ccccc2Cl)c1C. The first-order chi connectivity index (χ1) is 9.08. The van der Waals surface area contributed by atoms with Crippen molar-refractivity contribution in [3.63, 3.8) is 0 Å². The van der Waals surface area contributed by atoms with Crippen LogP contribution in [0, 0.1) is 13.8 Å². The number of anilines is 1. The minimum atomic E-state index is -0.241. The highest BCUT2D eigenvalue weighted by molar-refractivity contribution is 6.32. The minimum absolute atomic E-state index is 0.241. The van der Waals surface area contributed by atoms with Crippen LogP contribution in [0.3, 0.4) is 0 Å². The lowest BCUT2D eigenvalue weighted by molar-refractivity contribution is -0.111. The third-order valence-electron chi connectivity index (χ3n) is 2.81. The normalized spacial score (nSPS) is 10.9. The zero-order valence-corrected chi connectivity index (χ0v) is 11.5. The summed E-state index contributed by atoms with van der Waals surface area (Å²) in [4.78, 5) is 11.8. The Morgan fingerprint density at radius 2 is 2.11 bits per heavy atom. The van der Waals surface area contributed by atoms with E-state index in [1.165, 1.54) is 6.08 Å². The van der Waals surface area contributed by atoms with E-state index in [2.05, 4.69) is 15.5 Å². The molecule has 19 heavy (non-hydrogen) atoms. The van der Waals surface area contributed by atoms with Crippen molar-refractivity contribution in [2.24, 2.45) is 0 Å². The Labute approximate surface area is 116 Å². The Balaban J connectivity index is 2.06. The van der Waals surface area contributed by atoms with Crippen LogP contribution in [0.4, 0.5) is 5.82 Å². The van der Waals surface area contributed by atoms with E-state index in [-0.39, 0.29) is 5.91 Å². The van der Waals surface area contributed by atoms with Crippen molar-refractivity contribution in [1.29, 1.82) is 0 Å². The highest BCUT2D eigenvalue weighted by Crippen LogP contribution is 2.17. The average molecular weight is 276 g/mol. The summed E-state index contributed by atoms with van der Waals surface area (Å²) in [5, 5.41) is 10.1. The molecule has 2 aromatic rings. The van der Waals surface area contributed by atoms with Crippen LogP contribution in [-0.2, 0) is 4.79 Å². The molecule has 1 aromatic heterocycles. The number of halogens is 1. The summed E-state index contributed by atoms with van der Waals surface area (Å²) in [6.45, 7) is 3.80. The van der Waals surface area contributed by atoms with Gasteiger partial charge in [0.2, 0.25) is 5.91 Å². The predicted molar refractivity (Wildman–Crippen MR) is 77.2 cm³/mol. The topological polar surface area (TPSA) is 57.8 Å². The molecule has 0 radical (unpaired) electrons. The van der Waals surface area contributed by atoms with Crippen LogP contribution in [0.5, 0.6) is 0 Å². The Bertz CT molecular complexity index is 631. The van der Waals surface area contributed by atoms with Gasteiger partial charge in [0.15, 0.2) is 5.82 Å². The number of aromatic amines is 1. The largest absolute Gasteiger partial charge is 0.305 e. The molecular weight excluding hydrogens is 262 g/mol. The lowest BCUT2D eigenvalue weighted by Gasteiger charge is -1.99. The molecule has 0 spiro atoms. The van der Waals surface area contributed by atoms with Gasteiger partial charge in [0, 0.05) is 22.4 Å². The van der Waals surface area contributed by atoms with Gasteiger partial charge in [-0.1, -0.05) is 29.8 Å². The maximum atomic E-state index is 11.8. The first-order valence-electron chi connectivity index (χ1n) is 5.83. The Morgan fingerprint density at radius 1 is 1.37 bits per heavy atom. The minimum Gasteiger partial charge on any atom is -0.305 e. The van der Waals surface area contributed by atoms with Crippen molar-refractivity contribution in [2.75, 3.05) is 5.32 Å². The first kappa shape index (κ1) is 13.4. The lowest BCUT2D eigenvalue weighted by Crippen LogP contribution is -2.09. The van der Waals surface area contributed by atoms with Gasteiger partial charge in [0.05, 0.1) is 0 Å². The van der Waals surface area contributed by atoms with Crippen molar-refractivity contribution in [3.05, 3.63) is 52.2 Å². The fraction of sp³-hybridized carbons (Fsp3) is 0.143. The molecule has 0 saturated carbocycles. The maximum absolute atomic E-state index is 11.8. The molecule has 98 valence electrons. The molecule has 0 aliphatic heterocycles. The van der Waals surface area contributed by atoms with E-state index < -0.39 is 0 Å². The quantitative estimate of drug-likeness (QED) is 0.844. The molecule has 1 heterocycles. The summed E-state index contributed by atoms with van der Waals surface area (Å²) < 4.78 is 0. The molecule has 1 aromatic carbocycles. The zero-order chi connectivity index (χ0) is 13.8. The van der Waals surface area contributed by atoms with Gasteiger partial charge in [-0.05, 0) is 31.6 Å². The van der Waals surface area contributed by atoms with Gasteiger partial charge >= 0.3 is 0 Å². The first-order valence-corrected chi connectivity index (χ1v) is 6.21. The van der Waals surface area contributed by atoms with Crippen molar-refractivity contribution in [3.8, 4) is 0 Å². The highest BCUT2D eigenvalue weighted by atomic mass is 35.5. The monoisotopic (exact) mass is 275 g/mol. The molecule has 1 amide bonds. The van der Waals surface area contributed by atoms with Gasteiger partial charge in [-0.25, -0.2) is 0 Å². The molecule has 0 saturated heterocycles. The van der Waals surface area contributed by atoms with E-state index in [9.17, 15) is 4.79 Å². The van der Waals surface area contributed by atoms with Crippen LogP contribution < -0.4 is 5.32 Å². The molecule has 0 aliphatic rings. The molecule has 2 N–H and O–H groups in total. The van der Waals surface area contributed by atoms with Crippen molar-refractivity contribution < 1.29 is 4.79 Å². The number of hydrogen-bond acceptors (Lipinski definition) is 2. The van der Waals surface area contributed by atoms with E-state index in [0.29, 0.717) is 10.8 Å². The van der Waals surface area contributed by atoms with Crippen LogP contribution in [0.2, 0.25) is 5.02 Å². The molecule has 0 unspecified atom stereocenters. The van der Waals surface area contributed by atoms with Crippen molar-refractivity contribution in [1.82, 2.24) is 10.2 Å². The number of amides is 1. The van der Waals surface area contributed by atoms with Crippen LogP contribution in [0.1, 0.15) is 16.8 Å². The molecule has 4 nitrogen and oxygen atoms in total. The number of carbonyl (C=O) groups is 1. The average Bonchev–Trinajstić information content (AvgIpc) is 2.70. The molecule has 0 atom stereocenters. The fourth-order valence-corrected chi connectivity index (χ4v) is 1.74. The van der Waals surface area contributed by atoms with Crippen LogP contribution >= 0.6 is 11.6 Å². The van der Waals surface area contributed by atoms with E-state index in [1.807, 2.05) is 32.0 Å². The summed E-state index contributed by atoms with van der Waals surface area (Å²) in [5.74, 6) is 0.306. The number of hydrogen-bond donors (Lipinski definition) is 2. The third-order valence-corrected chi connectivity index (χ3v) is 3.16. The summed E-state index contributed by atoms with van der Waals surface area (Å²) in [6.07, 6.45) is 3.11. The lowest BCUT2D eigenvalue weighted by atomic mass is 10.2. The summed E-state index contributed by atoms with van der Waals surface area (Å²) in [6, 6.07) is 7.33. The van der Waals surface area contributed by atoms with E-state index in [4.69, 9.17) is 11.6 Å². The van der Waals surface area contributed by atoms with Crippen LogP contribution in [-0.4, -0.2) is 16.1 Å². The number of aromatic nitrogens is 2. The Hall–Kier alpha value is -2.07. The number of rotatable bonds is 3. The molecule has 5 heteroatoms. The molecule has 0 aliphatic carbocycles. The zero-order valence-electron chi connectivity index (χ0n) is 10.7. The summed E-state index contributed by atoms with van der Waals surface area (Å²) >= 11 is 6.00. The molecule has 0 fully saturated rings. The standard InChI is InChI=1S/C14H14ClN3O/c1-9-10(2)17-18-14(9)16-13(19)8-7-11-5-3-4-6-12(11)15/h3-8H,1-2H3,(H2,16,17,18,19)/b8-7+. The maximum Gasteiger partial charge on any atom is 0.249 e. The predicted octanol–water partition coefficient (Wildman–Crippen LogP) is 3.33. The second-order valence-electron chi connectivity index (χ2n) is 4.17. The molecule has 0 bridgehead atoms. The van der Waals surface area contributed by atoms with E-state index in [0.717, 1.165) is 16.8 Å². The van der Waals surface area contributed by atoms with Crippen LogP contribution in [0.15, 0.2) is 30.3 Å². The van der Waals surface area contributed by atoms with Gasteiger partial charge in [0.1, 0.15) is 0 Å². The van der Waals surface area contributed by atoms with Crippen molar-refractivity contribution >= 4 is 29.4 Å². The van der Waals surface area contributed by atoms with Gasteiger partial charge < -0.3 is 5.32 Å². The number of H-pyrrole nitrogens is 1. The number of nitrogens with zero attached hydrogens (tertiary/aromatic N) is 1. The summed E-state index contributed by atoms with van der Waals surface area (Å²) in [5.41, 5.74) is 2.67. The smallest absolute Gasteiger partial charge is 0.249 e. The fourth-order valence-electron chi connectivity index (χ4n) is 1.54. The number of carbonyl (C=O) groups excluding carboxylic acids is 1. The number of aryl methyl sites for hydroxylation is 1. The van der Waals surface area contributed by atoms with Crippen molar-refractivity contribution in [2.45, 2.75) is 13.8 Å². The third kappa shape index (κ3) is 3.23. The van der Waals surface area contributed by atoms with Gasteiger partial charge in [-0.2, -0.15) is 5.10 Å². The summed E-state index contributed by atoms with van der Waals surface area (Å²) in [7, 11) is 0. The number of benzene rings is 1. The second kappa shape index (κ2) is 5.71. The Morgan fingerprint density at radius 3 is 2.74 bits per heavy atom. The van der Waals surface area contributed by atoms with Gasteiger partial charge in [0.25, 0.3) is 0 Å². The molecule has 2 rings (SSSR count). The molecular formula is C14H14ClN3O. The number of nitrogens with one attached hydrogen (secondary N) is 2. The van der Waals surface area contributed by atoms with E-state index in [1.54, 1.807) is 12.1 Å².